The van der Waals surface area contributed by atoms with Crippen molar-refractivity contribution in [2.75, 3.05) is 6.54 Å². The molecular formula is C18H35NO3. The first-order chi connectivity index (χ1) is 10.6. The standard InChI is InChI=1S/C18H35NO3/c1-4-6-7-10-13-17(5-2)22-18(21)14-11-8-9-12-15-19-16(3)20/h17H,4-15H2,1-3H3,(H,19,20). The molecule has 0 aliphatic rings. The summed E-state index contributed by atoms with van der Waals surface area (Å²) >= 11 is 0. The molecule has 0 aliphatic heterocycles. The maximum absolute atomic E-state index is 11.8. The van der Waals surface area contributed by atoms with Gasteiger partial charge in [0.1, 0.15) is 6.10 Å². The van der Waals surface area contributed by atoms with Crippen molar-refractivity contribution in [3.8, 4) is 0 Å². The first-order valence-corrected chi connectivity index (χ1v) is 9.04. The van der Waals surface area contributed by atoms with Crippen LogP contribution in [0.3, 0.4) is 0 Å². The third-order valence-corrected chi connectivity index (χ3v) is 3.81. The van der Waals surface area contributed by atoms with E-state index in [1.807, 2.05) is 0 Å². The molecule has 22 heavy (non-hydrogen) atoms. The summed E-state index contributed by atoms with van der Waals surface area (Å²) in [6.45, 7) is 6.55. The van der Waals surface area contributed by atoms with Gasteiger partial charge in [-0.05, 0) is 32.1 Å². The summed E-state index contributed by atoms with van der Waals surface area (Å²) in [5.74, 6) is -0.0303. The summed E-state index contributed by atoms with van der Waals surface area (Å²) in [5, 5.41) is 2.78. The molecule has 0 heterocycles. The van der Waals surface area contributed by atoms with Crippen LogP contribution in [-0.4, -0.2) is 24.5 Å². The van der Waals surface area contributed by atoms with Crippen LogP contribution >= 0.6 is 0 Å². The number of carbonyl (C=O) groups excluding carboxylic acids is 2. The van der Waals surface area contributed by atoms with E-state index in [4.69, 9.17) is 4.74 Å². The Hall–Kier alpha value is -1.06. The van der Waals surface area contributed by atoms with E-state index in [1.165, 1.54) is 26.2 Å². The molecule has 0 aromatic carbocycles. The Labute approximate surface area is 136 Å². The van der Waals surface area contributed by atoms with E-state index in [9.17, 15) is 9.59 Å². The molecule has 1 amide bonds. The lowest BCUT2D eigenvalue weighted by Crippen LogP contribution is -2.20. The van der Waals surface area contributed by atoms with E-state index in [2.05, 4.69) is 19.2 Å². The summed E-state index contributed by atoms with van der Waals surface area (Å²) < 4.78 is 5.54. The second-order valence-corrected chi connectivity index (χ2v) is 6.02. The molecule has 0 spiro atoms. The van der Waals surface area contributed by atoms with Gasteiger partial charge in [0.15, 0.2) is 0 Å². The molecule has 0 fully saturated rings. The molecular weight excluding hydrogens is 278 g/mol. The Bertz CT molecular complexity index is 292. The first-order valence-electron chi connectivity index (χ1n) is 9.04. The zero-order chi connectivity index (χ0) is 16.6. The van der Waals surface area contributed by atoms with Crippen molar-refractivity contribution in [1.29, 1.82) is 0 Å². The van der Waals surface area contributed by atoms with E-state index in [-0.39, 0.29) is 18.0 Å². The smallest absolute Gasteiger partial charge is 0.306 e. The van der Waals surface area contributed by atoms with Crippen LogP contribution in [0.15, 0.2) is 0 Å². The lowest BCUT2D eigenvalue weighted by molar-refractivity contribution is -0.149. The molecule has 1 unspecified atom stereocenters. The predicted octanol–water partition coefficient (Wildman–Crippen LogP) is 4.37. The summed E-state index contributed by atoms with van der Waals surface area (Å²) in [6, 6.07) is 0. The van der Waals surface area contributed by atoms with Gasteiger partial charge in [-0.25, -0.2) is 0 Å². The van der Waals surface area contributed by atoms with Gasteiger partial charge in [-0.2, -0.15) is 0 Å². The van der Waals surface area contributed by atoms with Gasteiger partial charge in [-0.1, -0.05) is 46.0 Å². The number of rotatable bonds is 14. The number of unbranched alkanes of at least 4 members (excludes halogenated alkanes) is 6. The fourth-order valence-electron chi connectivity index (χ4n) is 2.40. The Morgan fingerprint density at radius 3 is 2.27 bits per heavy atom. The average molecular weight is 313 g/mol. The quantitative estimate of drug-likeness (QED) is 0.383. The minimum atomic E-state index is -0.0517. The molecule has 0 saturated carbocycles. The second-order valence-electron chi connectivity index (χ2n) is 6.02. The highest BCUT2D eigenvalue weighted by molar-refractivity contribution is 5.72. The fraction of sp³-hybridized carbons (Fsp3) is 0.889. The Morgan fingerprint density at radius 1 is 0.955 bits per heavy atom. The molecule has 0 radical (unpaired) electrons. The van der Waals surface area contributed by atoms with Crippen molar-refractivity contribution < 1.29 is 14.3 Å². The molecule has 130 valence electrons. The van der Waals surface area contributed by atoms with E-state index >= 15 is 0 Å². The summed E-state index contributed by atoms with van der Waals surface area (Å²) in [7, 11) is 0. The summed E-state index contributed by atoms with van der Waals surface area (Å²) in [4.78, 5) is 22.5. The highest BCUT2D eigenvalue weighted by Crippen LogP contribution is 2.13. The van der Waals surface area contributed by atoms with Crippen molar-refractivity contribution in [3.63, 3.8) is 0 Å². The zero-order valence-electron chi connectivity index (χ0n) is 14.8. The first kappa shape index (κ1) is 20.9. The van der Waals surface area contributed by atoms with Crippen LogP contribution in [0.4, 0.5) is 0 Å². The molecule has 0 aromatic heterocycles. The van der Waals surface area contributed by atoms with Crippen molar-refractivity contribution in [2.24, 2.45) is 0 Å². The number of ether oxygens (including phenoxy) is 1. The van der Waals surface area contributed by atoms with E-state index in [0.717, 1.165) is 51.5 Å². The number of nitrogens with one attached hydrogen (secondary N) is 1. The van der Waals surface area contributed by atoms with Crippen molar-refractivity contribution in [3.05, 3.63) is 0 Å². The molecule has 0 bridgehead atoms. The zero-order valence-corrected chi connectivity index (χ0v) is 14.8. The normalized spacial score (nSPS) is 12.0. The van der Waals surface area contributed by atoms with Crippen LogP contribution in [0.25, 0.3) is 0 Å². The number of hydrogen-bond acceptors (Lipinski definition) is 3. The highest BCUT2D eigenvalue weighted by atomic mass is 16.5. The van der Waals surface area contributed by atoms with Gasteiger partial charge >= 0.3 is 5.97 Å². The Balaban J connectivity index is 3.54. The van der Waals surface area contributed by atoms with Crippen LogP contribution in [0.2, 0.25) is 0 Å². The van der Waals surface area contributed by atoms with Crippen LogP contribution in [-0.2, 0) is 14.3 Å². The monoisotopic (exact) mass is 313 g/mol. The summed E-state index contributed by atoms with van der Waals surface area (Å²) in [5.41, 5.74) is 0. The van der Waals surface area contributed by atoms with Crippen molar-refractivity contribution >= 4 is 11.9 Å². The molecule has 4 nitrogen and oxygen atoms in total. The van der Waals surface area contributed by atoms with Crippen LogP contribution in [0, 0.1) is 0 Å². The lowest BCUT2D eigenvalue weighted by atomic mass is 10.1. The van der Waals surface area contributed by atoms with E-state index in [1.54, 1.807) is 0 Å². The average Bonchev–Trinajstić information content (AvgIpc) is 2.49. The Kier molecular flexibility index (Phi) is 14.1. The molecule has 0 aromatic rings. The topological polar surface area (TPSA) is 55.4 Å². The number of esters is 1. The van der Waals surface area contributed by atoms with E-state index in [0.29, 0.717) is 6.42 Å². The van der Waals surface area contributed by atoms with Crippen LogP contribution in [0.1, 0.15) is 91.4 Å². The van der Waals surface area contributed by atoms with Gasteiger partial charge in [-0.15, -0.1) is 0 Å². The van der Waals surface area contributed by atoms with Gasteiger partial charge in [0.05, 0.1) is 0 Å². The molecule has 4 heteroatoms. The predicted molar refractivity (Wildman–Crippen MR) is 90.7 cm³/mol. The number of carbonyl (C=O) groups is 2. The van der Waals surface area contributed by atoms with Crippen molar-refractivity contribution in [2.45, 2.75) is 97.5 Å². The number of hydrogen-bond donors (Lipinski definition) is 1. The maximum Gasteiger partial charge on any atom is 0.306 e. The third kappa shape index (κ3) is 13.9. The molecule has 0 aliphatic carbocycles. The van der Waals surface area contributed by atoms with Crippen LogP contribution < -0.4 is 5.32 Å². The second kappa shape index (κ2) is 14.9. The molecule has 1 N–H and O–H groups in total. The van der Waals surface area contributed by atoms with E-state index < -0.39 is 0 Å². The summed E-state index contributed by atoms with van der Waals surface area (Å²) in [6.07, 6.45) is 11.3. The van der Waals surface area contributed by atoms with Gasteiger partial charge < -0.3 is 10.1 Å². The number of amides is 1. The van der Waals surface area contributed by atoms with Gasteiger partial charge in [0.25, 0.3) is 0 Å². The molecule has 1 atom stereocenters. The van der Waals surface area contributed by atoms with Crippen LogP contribution in [0.5, 0.6) is 0 Å². The van der Waals surface area contributed by atoms with Gasteiger partial charge in [-0.3, -0.25) is 9.59 Å². The minimum Gasteiger partial charge on any atom is -0.462 e. The minimum absolute atomic E-state index is 0.0214. The molecule has 0 rings (SSSR count). The maximum atomic E-state index is 11.8. The fourth-order valence-corrected chi connectivity index (χ4v) is 2.40. The highest BCUT2D eigenvalue weighted by Gasteiger charge is 2.11. The third-order valence-electron chi connectivity index (χ3n) is 3.81. The van der Waals surface area contributed by atoms with Crippen molar-refractivity contribution in [1.82, 2.24) is 5.32 Å². The largest absolute Gasteiger partial charge is 0.462 e. The Morgan fingerprint density at radius 2 is 1.64 bits per heavy atom. The molecule has 0 saturated heterocycles. The van der Waals surface area contributed by atoms with Gasteiger partial charge in [0.2, 0.25) is 5.91 Å². The SMILES string of the molecule is CCCCCCC(CC)OC(=O)CCCCCCNC(C)=O. The van der Waals surface area contributed by atoms with Gasteiger partial charge in [0, 0.05) is 19.9 Å². The lowest BCUT2D eigenvalue weighted by Gasteiger charge is -2.16.